The van der Waals surface area contributed by atoms with Crippen molar-refractivity contribution in [2.24, 2.45) is 0 Å². The van der Waals surface area contributed by atoms with Crippen molar-refractivity contribution in [3.05, 3.63) is 34.4 Å². The lowest BCUT2D eigenvalue weighted by Gasteiger charge is -2.26. The molecule has 1 aromatic carbocycles. The van der Waals surface area contributed by atoms with Gasteiger partial charge in [-0.05, 0) is 31.0 Å². The molecule has 0 atom stereocenters. The number of aromatic nitrogens is 2. The van der Waals surface area contributed by atoms with Gasteiger partial charge in [-0.2, -0.15) is 11.8 Å². The molecule has 0 bridgehead atoms. The van der Waals surface area contributed by atoms with E-state index in [1.807, 2.05) is 6.07 Å². The Morgan fingerprint density at radius 3 is 2.72 bits per heavy atom. The molecule has 1 N–H and O–H groups in total. The smallest absolute Gasteiger partial charge is 0.289 e. The lowest BCUT2D eigenvalue weighted by molar-refractivity contribution is 0.0398. The lowest BCUT2D eigenvalue weighted by atomic mass is 10.2. The highest BCUT2D eigenvalue weighted by Crippen LogP contribution is 2.25. The summed E-state index contributed by atoms with van der Waals surface area (Å²) in [4.78, 5) is 19.4. The Balaban J connectivity index is 1.43. The van der Waals surface area contributed by atoms with Crippen molar-refractivity contribution in [1.29, 1.82) is 0 Å². The van der Waals surface area contributed by atoms with Gasteiger partial charge in [-0.25, -0.2) is 4.98 Å². The van der Waals surface area contributed by atoms with Crippen LogP contribution in [0.5, 0.6) is 0 Å². The number of nitrogens with one attached hydrogen (secondary N) is 1. The fraction of sp³-hybridized carbons (Fsp3) is 0.600. The molecule has 0 aliphatic carbocycles. The zero-order valence-corrected chi connectivity index (χ0v) is 17.3. The van der Waals surface area contributed by atoms with E-state index in [0.29, 0.717) is 21.9 Å². The summed E-state index contributed by atoms with van der Waals surface area (Å²) in [6.07, 6.45) is 1.90. The molecule has 4 rings (SSSR count). The second kappa shape index (κ2) is 9.88. The van der Waals surface area contributed by atoms with Crippen LogP contribution in [0.1, 0.15) is 18.7 Å². The van der Waals surface area contributed by atoms with Crippen LogP contribution < -0.4 is 10.9 Å². The average Bonchev–Trinajstić information content (AvgIpc) is 2.77. The van der Waals surface area contributed by atoms with E-state index in [1.165, 1.54) is 0 Å². The van der Waals surface area contributed by atoms with Crippen LogP contribution >= 0.6 is 11.8 Å². The summed E-state index contributed by atoms with van der Waals surface area (Å²) in [5.41, 5.74) is 0.776. The maximum atomic E-state index is 14.5. The Labute approximate surface area is 173 Å². The van der Waals surface area contributed by atoms with Crippen molar-refractivity contribution >= 4 is 28.4 Å². The standard InChI is InChI=1S/C20H27FN4O3S/c21-25-19(14-29-16-3-9-27-10-4-16)23-18-13-15(1-2-17(18)20(25)26)22-5-6-24-7-11-28-12-8-24/h1-2,13,16,22H,3-12,14H2. The normalized spacial score (nSPS) is 18.9. The van der Waals surface area contributed by atoms with Gasteiger partial charge in [0.25, 0.3) is 5.56 Å². The van der Waals surface area contributed by atoms with Crippen molar-refractivity contribution in [3.8, 4) is 0 Å². The summed E-state index contributed by atoms with van der Waals surface area (Å²) in [6, 6.07) is 5.28. The van der Waals surface area contributed by atoms with Crippen LogP contribution in [0, 0.1) is 0 Å². The first-order valence-electron chi connectivity index (χ1n) is 10.2. The van der Waals surface area contributed by atoms with Gasteiger partial charge < -0.3 is 14.8 Å². The number of nitrogens with zero attached hydrogens (tertiary/aromatic N) is 3. The van der Waals surface area contributed by atoms with Crippen LogP contribution in [-0.2, 0) is 15.2 Å². The molecule has 0 radical (unpaired) electrons. The highest BCUT2D eigenvalue weighted by atomic mass is 32.2. The topological polar surface area (TPSA) is 68.6 Å². The Bertz CT molecular complexity index is 882. The van der Waals surface area contributed by atoms with Crippen molar-refractivity contribution in [2.75, 3.05) is 57.9 Å². The number of halogens is 1. The zero-order chi connectivity index (χ0) is 20.1. The van der Waals surface area contributed by atoms with E-state index < -0.39 is 5.56 Å². The number of morpholine rings is 1. The van der Waals surface area contributed by atoms with E-state index in [0.717, 1.165) is 71.1 Å². The van der Waals surface area contributed by atoms with Crippen LogP contribution in [0.15, 0.2) is 23.0 Å². The number of hydrogen-bond donors (Lipinski definition) is 1. The highest BCUT2D eigenvalue weighted by Gasteiger charge is 2.17. The molecular formula is C20H27FN4O3S. The Kier molecular flexibility index (Phi) is 7.02. The van der Waals surface area contributed by atoms with E-state index >= 15 is 0 Å². The molecule has 158 valence electrons. The quantitative estimate of drug-likeness (QED) is 0.734. The van der Waals surface area contributed by atoms with Gasteiger partial charge in [0.1, 0.15) is 0 Å². The summed E-state index contributed by atoms with van der Waals surface area (Å²) in [7, 11) is 0. The highest BCUT2D eigenvalue weighted by molar-refractivity contribution is 7.99. The molecule has 2 aliphatic rings. The van der Waals surface area contributed by atoms with Crippen molar-refractivity contribution in [3.63, 3.8) is 0 Å². The molecule has 2 aliphatic heterocycles. The van der Waals surface area contributed by atoms with Crippen molar-refractivity contribution in [2.45, 2.75) is 23.8 Å². The molecule has 7 nitrogen and oxygen atoms in total. The Hall–Kier alpha value is -1.68. The van der Waals surface area contributed by atoms with Gasteiger partial charge in [0, 0.05) is 50.3 Å². The van der Waals surface area contributed by atoms with Gasteiger partial charge in [0.2, 0.25) is 0 Å². The molecule has 3 heterocycles. The zero-order valence-electron chi connectivity index (χ0n) is 16.4. The summed E-state index contributed by atoms with van der Waals surface area (Å²) < 4.78 is 25.2. The first kappa shape index (κ1) is 20.6. The predicted octanol–water partition coefficient (Wildman–Crippen LogP) is 2.29. The maximum Gasteiger partial charge on any atom is 0.289 e. The number of rotatable bonds is 7. The minimum Gasteiger partial charge on any atom is -0.384 e. The van der Waals surface area contributed by atoms with E-state index in [4.69, 9.17) is 9.47 Å². The average molecular weight is 423 g/mol. The lowest BCUT2D eigenvalue weighted by Crippen LogP contribution is -2.39. The van der Waals surface area contributed by atoms with E-state index in [9.17, 15) is 9.28 Å². The fourth-order valence-corrected chi connectivity index (χ4v) is 4.72. The second-order valence-electron chi connectivity index (χ2n) is 7.35. The van der Waals surface area contributed by atoms with Gasteiger partial charge >= 0.3 is 0 Å². The fourth-order valence-electron chi connectivity index (χ4n) is 3.63. The van der Waals surface area contributed by atoms with Crippen molar-refractivity contribution in [1.82, 2.24) is 14.7 Å². The van der Waals surface area contributed by atoms with Gasteiger partial charge in [0.15, 0.2) is 5.82 Å². The van der Waals surface area contributed by atoms with E-state index in [2.05, 4.69) is 15.2 Å². The maximum absolute atomic E-state index is 14.5. The number of ether oxygens (including phenoxy) is 2. The van der Waals surface area contributed by atoms with Crippen LogP contribution in [0.2, 0.25) is 0 Å². The van der Waals surface area contributed by atoms with Crippen LogP contribution in [0.4, 0.5) is 10.2 Å². The van der Waals surface area contributed by atoms with E-state index in [-0.39, 0.29) is 10.6 Å². The molecular weight excluding hydrogens is 395 g/mol. The molecule has 2 aromatic rings. The van der Waals surface area contributed by atoms with Crippen LogP contribution in [-0.4, -0.2) is 72.5 Å². The minimum absolute atomic E-state index is 0.171. The summed E-state index contributed by atoms with van der Waals surface area (Å²) in [6.45, 7) is 6.66. The third-order valence-corrected chi connectivity index (χ3v) is 6.73. The molecule has 0 spiro atoms. The molecule has 9 heteroatoms. The largest absolute Gasteiger partial charge is 0.384 e. The van der Waals surface area contributed by atoms with Crippen molar-refractivity contribution < 1.29 is 14.0 Å². The number of hydrogen-bond acceptors (Lipinski definition) is 7. The summed E-state index contributed by atoms with van der Waals surface area (Å²) in [5.74, 6) is 0.547. The molecule has 2 fully saturated rings. The molecule has 29 heavy (non-hydrogen) atoms. The SMILES string of the molecule is O=c1c2ccc(NCCN3CCOCC3)cc2nc(CSC2CCOCC2)n1F. The molecule has 1 aromatic heterocycles. The number of thioether (sulfide) groups is 1. The first-order valence-corrected chi connectivity index (χ1v) is 11.2. The van der Waals surface area contributed by atoms with E-state index in [1.54, 1.807) is 23.9 Å². The molecule has 0 unspecified atom stereocenters. The third kappa shape index (κ3) is 5.28. The summed E-state index contributed by atoms with van der Waals surface area (Å²) >= 11 is 1.64. The Morgan fingerprint density at radius 2 is 1.93 bits per heavy atom. The number of fused-ring (bicyclic) bond motifs is 1. The third-order valence-electron chi connectivity index (χ3n) is 5.36. The number of anilines is 1. The summed E-state index contributed by atoms with van der Waals surface area (Å²) in [5, 5.41) is 4.10. The molecule has 0 amide bonds. The van der Waals surface area contributed by atoms with Gasteiger partial charge in [-0.15, -0.1) is 4.79 Å². The first-order chi connectivity index (χ1) is 14.2. The molecule has 0 saturated carbocycles. The molecule has 2 saturated heterocycles. The van der Waals surface area contributed by atoms with Crippen LogP contribution in [0.25, 0.3) is 10.9 Å². The van der Waals surface area contributed by atoms with Gasteiger partial charge in [-0.1, -0.05) is 4.48 Å². The Morgan fingerprint density at radius 1 is 1.17 bits per heavy atom. The number of benzene rings is 1. The van der Waals surface area contributed by atoms with Gasteiger partial charge in [-0.3, -0.25) is 9.69 Å². The minimum atomic E-state index is -0.641. The van der Waals surface area contributed by atoms with Gasteiger partial charge in [0.05, 0.1) is 29.9 Å². The monoisotopic (exact) mass is 422 g/mol. The predicted molar refractivity (Wildman–Crippen MR) is 113 cm³/mol. The van der Waals surface area contributed by atoms with Crippen LogP contribution in [0.3, 0.4) is 0 Å². The second-order valence-corrected chi connectivity index (χ2v) is 8.64.